The van der Waals surface area contributed by atoms with Gasteiger partial charge in [-0.2, -0.15) is 12.6 Å². The molecule has 834 valence electrons. The van der Waals surface area contributed by atoms with Crippen molar-refractivity contribution in [1.29, 1.82) is 10.8 Å². The highest BCUT2D eigenvalue weighted by Crippen LogP contribution is 2.22. The van der Waals surface area contributed by atoms with E-state index in [2.05, 4.69) is 124 Å². The fraction of sp³-hybridized carbons (Fsp3) is 0.659. The molecule has 1 aliphatic heterocycles. The van der Waals surface area contributed by atoms with E-state index >= 15 is 0 Å². The number of imidazole rings is 1. The quantitative estimate of drug-likeness (QED) is 0.0125. The third-order valence-electron chi connectivity index (χ3n) is 22.8. The zero-order valence-electron chi connectivity index (χ0n) is 84.7. The first kappa shape index (κ1) is 130. The first-order valence-electron chi connectivity index (χ1n) is 47.8. The molecule has 19 atom stereocenters. The van der Waals surface area contributed by atoms with Crippen molar-refractivity contribution < 1.29 is 151 Å². The molecule has 1 aromatic heterocycles. The van der Waals surface area contributed by atoms with Crippen LogP contribution in [-0.4, -0.2) is 352 Å². The average molecular weight is 2140 g/mol. The van der Waals surface area contributed by atoms with Gasteiger partial charge >= 0.3 is 29.8 Å². The highest BCUT2D eigenvalue weighted by Gasteiger charge is 2.45. The summed E-state index contributed by atoms with van der Waals surface area (Å²) in [5.74, 6) is -35.3. The van der Waals surface area contributed by atoms with Gasteiger partial charge in [0.1, 0.15) is 109 Å². The lowest BCUT2D eigenvalue weighted by Gasteiger charge is -2.31. The van der Waals surface area contributed by atoms with Crippen molar-refractivity contribution in [2.24, 2.45) is 58.3 Å². The fourth-order valence-electron chi connectivity index (χ4n) is 14.6. The van der Waals surface area contributed by atoms with Crippen molar-refractivity contribution in [3.05, 3.63) is 18.2 Å². The zero-order chi connectivity index (χ0) is 113. The minimum absolute atomic E-state index is 0.0650. The van der Waals surface area contributed by atoms with Crippen LogP contribution in [0.15, 0.2) is 12.5 Å². The number of carboxylic acids is 5. The summed E-state index contributed by atoms with van der Waals surface area (Å²) in [6.45, 7) is 15.6. The molecule has 38 N–H and O–H groups in total. The number of thiol groups is 1. The van der Waals surface area contributed by atoms with E-state index in [0.29, 0.717) is 0 Å². The number of aliphatic hydroxyl groups is 1. The number of primary amides is 2. The number of amides is 20. The SMILES string of the molecule is CC(C)C[C@H](NC(=O)[C@@H](NC(=O)[C@H](CO)NC(=O)[C@H](CCC(=O)O)NC(=O)[C@H](CCCNC(=N)N)NC(=O)[C@H](C)NC(=O)[C@H](C)NC(=O)[C@@H](NC(=O)[C@@H](NC(=O)[C@H](CC(=O)O)NC(=O)[C@@H]1CCCN1C(=O)[C@H](Cc1cnc[nH]1)NC(=O)[C@H](CCC(=O)O)NC(=O)[C@H](CCC(=O)O)NC(=O)[C@@H](N)CS)C(C)C)C(C)C)C(C)C)C(=O)N[C@@H](CC(N)=O)C(=O)N[C@@H](CC(N)=O)C(=O)N[C@H](C(=O)N[C@@H](CCCNC(=N)N)C(=O)O)C(C)C. The van der Waals surface area contributed by atoms with Gasteiger partial charge in [-0.1, -0.05) is 69.2 Å². The number of rotatable bonds is 69. The molecular formula is C88H145N29O31S. The number of nitrogens with zero attached hydrogens (tertiary/aromatic N) is 2. The van der Waals surface area contributed by atoms with Crippen LogP contribution in [0.2, 0.25) is 0 Å². The van der Waals surface area contributed by atoms with Gasteiger partial charge in [-0.05, 0) is 108 Å². The van der Waals surface area contributed by atoms with Crippen molar-refractivity contribution in [2.45, 2.75) is 307 Å². The van der Waals surface area contributed by atoms with Crippen molar-refractivity contribution in [2.75, 3.05) is 32.0 Å². The molecule has 0 aromatic carbocycles. The van der Waals surface area contributed by atoms with Gasteiger partial charge in [0.25, 0.3) is 0 Å². The Kier molecular flexibility index (Phi) is 56.4. The lowest BCUT2D eigenvalue weighted by atomic mass is 9.99. The fourth-order valence-corrected chi connectivity index (χ4v) is 14.8. The van der Waals surface area contributed by atoms with Crippen LogP contribution in [-0.2, 0) is 126 Å². The second kappa shape index (κ2) is 64.7. The second-order valence-electron chi connectivity index (χ2n) is 37.2. The molecule has 0 aliphatic carbocycles. The van der Waals surface area contributed by atoms with Crippen molar-refractivity contribution >= 4 is 173 Å². The van der Waals surface area contributed by atoms with Gasteiger partial charge in [0.05, 0.1) is 38.2 Å². The van der Waals surface area contributed by atoms with Crippen LogP contribution in [0.25, 0.3) is 0 Å². The molecule has 60 nitrogen and oxygen atoms in total. The van der Waals surface area contributed by atoms with Crippen molar-refractivity contribution in [3.63, 3.8) is 0 Å². The van der Waals surface area contributed by atoms with E-state index in [-0.39, 0.29) is 76.0 Å². The van der Waals surface area contributed by atoms with E-state index in [4.69, 9.17) is 39.5 Å². The van der Waals surface area contributed by atoms with E-state index in [0.717, 1.165) is 11.8 Å². The minimum atomic E-state index is -2.03. The number of likely N-dealkylation sites (tertiary alicyclic amines) is 1. The lowest BCUT2D eigenvalue weighted by Crippen LogP contribution is -2.62. The molecule has 0 saturated carbocycles. The molecule has 20 amide bonds. The number of aliphatic carboxylic acids is 5. The van der Waals surface area contributed by atoms with E-state index in [1.807, 2.05) is 0 Å². The summed E-state index contributed by atoms with van der Waals surface area (Å²) in [7, 11) is 0. The first-order valence-corrected chi connectivity index (χ1v) is 48.4. The molecule has 1 aromatic rings. The smallest absolute Gasteiger partial charge is 0.326 e. The van der Waals surface area contributed by atoms with E-state index < -0.39 is 375 Å². The Balaban J connectivity index is 2.40. The van der Waals surface area contributed by atoms with Crippen molar-refractivity contribution in [3.8, 4) is 0 Å². The van der Waals surface area contributed by atoms with Crippen molar-refractivity contribution in [1.82, 2.24) is 116 Å². The summed E-state index contributed by atoms with van der Waals surface area (Å²) < 4.78 is 0. The maximum Gasteiger partial charge on any atom is 0.326 e. The summed E-state index contributed by atoms with van der Waals surface area (Å²) in [6.07, 6.45) is -5.88. The van der Waals surface area contributed by atoms with Crippen LogP contribution in [0.3, 0.4) is 0 Å². The van der Waals surface area contributed by atoms with Crippen LogP contribution in [0.1, 0.15) is 192 Å². The molecule has 1 saturated heterocycles. The summed E-state index contributed by atoms with van der Waals surface area (Å²) in [4.78, 5) is 346. The predicted molar refractivity (Wildman–Crippen MR) is 525 cm³/mol. The van der Waals surface area contributed by atoms with Crippen LogP contribution in [0.4, 0.5) is 0 Å². The number of nitrogens with two attached hydrogens (primary N) is 5. The molecule has 0 spiro atoms. The average Bonchev–Trinajstić information content (AvgIpc) is 1.69. The maximum atomic E-state index is 14.7. The van der Waals surface area contributed by atoms with Gasteiger partial charge in [0.15, 0.2) is 11.9 Å². The number of H-pyrrole nitrogens is 1. The number of nitrogens with one attached hydrogen (secondary N) is 22. The Morgan fingerprint density at radius 2 is 0.718 bits per heavy atom. The molecule has 1 aliphatic rings. The number of aliphatic hydroxyl groups excluding tert-OH is 1. The molecule has 0 radical (unpaired) electrons. The summed E-state index contributed by atoms with van der Waals surface area (Å²) in [5.41, 5.74) is 27.6. The molecule has 1 fully saturated rings. The van der Waals surface area contributed by atoms with E-state index in [1.165, 1.54) is 74.8 Å². The highest BCUT2D eigenvalue weighted by atomic mass is 32.1. The third-order valence-corrected chi connectivity index (χ3v) is 23.2. The lowest BCUT2D eigenvalue weighted by molar-refractivity contribution is -0.144. The number of aromatic nitrogens is 2. The number of carbonyl (C=O) groups excluding carboxylic acids is 20. The second-order valence-corrected chi connectivity index (χ2v) is 37.5. The van der Waals surface area contributed by atoms with Gasteiger partial charge in [0, 0.05) is 63.0 Å². The van der Waals surface area contributed by atoms with Crippen LogP contribution >= 0.6 is 12.6 Å². The normalized spacial score (nSPS) is 15.8. The Morgan fingerprint density at radius 1 is 0.396 bits per heavy atom. The molecule has 0 unspecified atom stereocenters. The molecule has 2 rings (SSSR count). The standard InChI is InChI=1S/C88H145N29O31S/c1-37(2)28-51(75(136)107-52(30-58(90)119)76(137)108-53(31-59(91)120)77(138)113-65(39(5)6)82(143)106-50(86(147)148)17-14-26-98-88(94)95)110-83(144)66(40(7)8)115-79(140)56(34-118)112-74(135)49(21-24-62(125)126)104-71(132)46(16-13-25-97-87(92)93)102-69(130)43(12)100-68(129)42(11)101-81(142)64(38(3)4)116-84(145)67(41(9)10)114-78(139)54(32-63(127)128)109-80(141)57-18-15-27-117(57)85(146)55(29-44-33-96-36-99-44)111-73(134)48(20-23-61(123)124)105-72(133)47(19-22-60(121)122)103-70(131)45(89)35-149/h33,36-43,45-57,64-67,118,149H,13-32,34-35,89H2,1-12H3,(H2,90,119)(H2,91,120)(H,96,99)(H,100,129)(H,101,142)(H,102,130)(H,103,131)(H,104,132)(H,105,133)(H,106,143)(H,107,136)(H,108,137)(H,109,141)(H,110,144)(H,111,134)(H,112,135)(H,113,138)(H,114,139)(H,115,140)(H,116,145)(H,121,122)(H,123,124)(H,125,126)(H,127,128)(H,147,148)(H4,92,93,97)(H4,94,95,98)/t42-,43-,45-,46-,47-,48-,49-,50-,51-,52-,53-,54-,55-,56-,57-,64-,65-,66-,67-/m0/s1. The van der Waals surface area contributed by atoms with Gasteiger partial charge in [-0.25, -0.2) is 9.78 Å². The molecule has 61 heteroatoms. The third kappa shape index (κ3) is 47.4. The summed E-state index contributed by atoms with van der Waals surface area (Å²) >= 11 is 3.96. The summed E-state index contributed by atoms with van der Waals surface area (Å²) in [6, 6.07) is -32.1. The van der Waals surface area contributed by atoms with Gasteiger partial charge in [-0.15, -0.1) is 0 Å². The maximum absolute atomic E-state index is 14.7. The molecule has 2 heterocycles. The van der Waals surface area contributed by atoms with Gasteiger partial charge in [-0.3, -0.25) is 126 Å². The van der Waals surface area contributed by atoms with Gasteiger partial charge in [0.2, 0.25) is 118 Å². The summed E-state index contributed by atoms with van der Waals surface area (Å²) in [5, 5.41) is 119. The number of hydrogen-bond donors (Lipinski definition) is 34. The van der Waals surface area contributed by atoms with E-state index in [9.17, 15) is 151 Å². The molecule has 0 bridgehead atoms. The monoisotopic (exact) mass is 2140 g/mol. The van der Waals surface area contributed by atoms with Gasteiger partial charge < -0.3 is 170 Å². The first-order chi connectivity index (χ1) is 69.5. The zero-order valence-corrected chi connectivity index (χ0v) is 85.6. The number of carboxylic acid groups (broad SMARTS) is 5. The molecule has 149 heavy (non-hydrogen) atoms. The largest absolute Gasteiger partial charge is 0.481 e. The topological polar surface area (TPSA) is 986 Å². The number of guanidine groups is 2. The number of aromatic amines is 1. The Hall–Kier alpha value is -15.2. The van der Waals surface area contributed by atoms with Crippen LogP contribution in [0.5, 0.6) is 0 Å². The highest BCUT2D eigenvalue weighted by molar-refractivity contribution is 7.80. The molecular weight excluding hydrogens is 1990 g/mol. The van der Waals surface area contributed by atoms with E-state index in [1.54, 1.807) is 13.8 Å². The Labute approximate surface area is 861 Å². The minimum Gasteiger partial charge on any atom is -0.481 e. The Bertz CT molecular complexity index is 4890. The Morgan fingerprint density at radius 3 is 1.09 bits per heavy atom. The predicted octanol–water partition coefficient (Wildman–Crippen LogP) is -11.4. The number of carbonyl (C=O) groups is 25. The van der Waals surface area contributed by atoms with Crippen LogP contribution in [0, 0.1) is 40.4 Å². The number of hydrogen-bond acceptors (Lipinski definition) is 31. The van der Waals surface area contributed by atoms with Crippen LogP contribution < -0.4 is 130 Å².